The van der Waals surface area contributed by atoms with Crippen molar-refractivity contribution in [2.24, 2.45) is 0 Å². The molecular formula is C26H36N6O3. The fraction of sp³-hybridized carbons (Fsp3) is 0.500. The van der Waals surface area contributed by atoms with Gasteiger partial charge < -0.3 is 19.1 Å². The summed E-state index contributed by atoms with van der Waals surface area (Å²) in [6, 6.07) is 14.0. The molecule has 2 aromatic carbocycles. The minimum Gasteiger partial charge on any atom is -0.497 e. The van der Waals surface area contributed by atoms with E-state index in [1.54, 1.807) is 21.3 Å². The number of aromatic nitrogens is 4. The summed E-state index contributed by atoms with van der Waals surface area (Å²) in [6.07, 6.45) is 0.899. The fourth-order valence-corrected chi connectivity index (χ4v) is 4.62. The van der Waals surface area contributed by atoms with Crippen molar-refractivity contribution in [2.75, 3.05) is 52.4 Å². The number of piperazine rings is 1. The van der Waals surface area contributed by atoms with Crippen LogP contribution in [0.3, 0.4) is 0 Å². The molecule has 2 heterocycles. The van der Waals surface area contributed by atoms with Crippen molar-refractivity contribution in [1.82, 2.24) is 25.1 Å². The molecule has 188 valence electrons. The molecular weight excluding hydrogens is 444 g/mol. The zero-order valence-electron chi connectivity index (χ0n) is 21.6. The number of tetrazole rings is 1. The average molecular weight is 481 g/mol. The largest absolute Gasteiger partial charge is 0.497 e. The van der Waals surface area contributed by atoms with Crippen molar-refractivity contribution in [3.05, 3.63) is 53.9 Å². The van der Waals surface area contributed by atoms with E-state index in [2.05, 4.69) is 64.3 Å². The monoisotopic (exact) mass is 480 g/mol. The molecule has 3 aromatic rings. The number of benzene rings is 2. The second-order valence-corrected chi connectivity index (χ2v) is 9.32. The molecule has 1 fully saturated rings. The van der Waals surface area contributed by atoms with Crippen LogP contribution in [0.2, 0.25) is 0 Å². The van der Waals surface area contributed by atoms with Gasteiger partial charge in [-0.3, -0.25) is 4.90 Å². The molecule has 0 spiro atoms. The Morgan fingerprint density at radius 2 is 1.69 bits per heavy atom. The molecule has 0 amide bonds. The van der Waals surface area contributed by atoms with Crippen LogP contribution in [0, 0.1) is 0 Å². The highest BCUT2D eigenvalue weighted by atomic mass is 16.5. The Morgan fingerprint density at radius 1 is 0.943 bits per heavy atom. The number of hydrogen-bond acceptors (Lipinski definition) is 8. The van der Waals surface area contributed by atoms with Crippen LogP contribution in [0.25, 0.3) is 0 Å². The molecule has 9 nitrogen and oxygen atoms in total. The lowest BCUT2D eigenvalue weighted by molar-refractivity contribution is 0.183. The van der Waals surface area contributed by atoms with E-state index < -0.39 is 0 Å². The molecule has 0 aliphatic carbocycles. The van der Waals surface area contributed by atoms with Gasteiger partial charge in [0.2, 0.25) is 0 Å². The van der Waals surface area contributed by atoms with Gasteiger partial charge in [0.05, 0.1) is 26.9 Å². The SMILES string of the molecule is CCC(C)(C)n1nnnc1[C@H](c1cccc(OC)c1OC)N1CCN(c2cccc(OC)c2)CC1. The van der Waals surface area contributed by atoms with Gasteiger partial charge in [-0.25, -0.2) is 4.68 Å². The Bertz CT molecular complexity index is 1120. The van der Waals surface area contributed by atoms with Gasteiger partial charge in [0.15, 0.2) is 17.3 Å². The van der Waals surface area contributed by atoms with E-state index in [1.807, 2.05) is 28.9 Å². The summed E-state index contributed by atoms with van der Waals surface area (Å²) >= 11 is 0. The summed E-state index contributed by atoms with van der Waals surface area (Å²) in [4.78, 5) is 4.82. The molecule has 1 aliphatic heterocycles. The number of nitrogens with zero attached hydrogens (tertiary/aromatic N) is 6. The van der Waals surface area contributed by atoms with E-state index in [1.165, 1.54) is 0 Å². The fourth-order valence-electron chi connectivity index (χ4n) is 4.62. The zero-order chi connectivity index (χ0) is 25.0. The molecule has 0 radical (unpaired) electrons. The summed E-state index contributed by atoms with van der Waals surface area (Å²) in [7, 11) is 5.04. The minimum absolute atomic E-state index is 0.187. The highest BCUT2D eigenvalue weighted by Gasteiger charge is 2.36. The maximum Gasteiger partial charge on any atom is 0.173 e. The Balaban J connectivity index is 1.71. The van der Waals surface area contributed by atoms with E-state index in [0.29, 0.717) is 11.5 Å². The third kappa shape index (κ3) is 4.91. The highest BCUT2D eigenvalue weighted by molar-refractivity contribution is 5.52. The first-order valence-electron chi connectivity index (χ1n) is 12.1. The van der Waals surface area contributed by atoms with Gasteiger partial charge in [-0.1, -0.05) is 25.1 Å². The van der Waals surface area contributed by atoms with E-state index >= 15 is 0 Å². The molecule has 35 heavy (non-hydrogen) atoms. The Labute approximate surface area is 207 Å². The van der Waals surface area contributed by atoms with Crippen molar-refractivity contribution >= 4 is 5.69 Å². The Hall–Kier alpha value is -3.33. The van der Waals surface area contributed by atoms with Crippen molar-refractivity contribution in [2.45, 2.75) is 38.8 Å². The predicted molar refractivity (Wildman–Crippen MR) is 136 cm³/mol. The van der Waals surface area contributed by atoms with Gasteiger partial charge in [-0.2, -0.15) is 0 Å². The van der Waals surface area contributed by atoms with E-state index in [9.17, 15) is 0 Å². The lowest BCUT2D eigenvalue weighted by Gasteiger charge is -2.41. The minimum atomic E-state index is -0.231. The van der Waals surface area contributed by atoms with E-state index in [0.717, 1.165) is 55.4 Å². The quantitative estimate of drug-likeness (QED) is 0.458. The van der Waals surface area contributed by atoms with Gasteiger partial charge in [-0.05, 0) is 48.9 Å². The van der Waals surface area contributed by atoms with Gasteiger partial charge in [0.25, 0.3) is 0 Å². The molecule has 1 aliphatic rings. The lowest BCUT2D eigenvalue weighted by Crippen LogP contribution is -2.49. The summed E-state index contributed by atoms with van der Waals surface area (Å²) in [5.74, 6) is 3.07. The van der Waals surface area contributed by atoms with Crippen LogP contribution in [0.15, 0.2) is 42.5 Å². The molecule has 0 N–H and O–H groups in total. The van der Waals surface area contributed by atoms with Crippen molar-refractivity contribution in [1.29, 1.82) is 0 Å². The first kappa shape index (κ1) is 24.8. The first-order chi connectivity index (χ1) is 16.9. The van der Waals surface area contributed by atoms with E-state index in [-0.39, 0.29) is 11.6 Å². The second-order valence-electron chi connectivity index (χ2n) is 9.32. The summed E-state index contributed by atoms with van der Waals surface area (Å²) < 4.78 is 18.9. The molecule has 9 heteroatoms. The number of hydrogen-bond donors (Lipinski definition) is 0. The van der Waals surface area contributed by atoms with Crippen molar-refractivity contribution < 1.29 is 14.2 Å². The topological polar surface area (TPSA) is 77.8 Å². The van der Waals surface area contributed by atoms with Crippen LogP contribution in [0.1, 0.15) is 44.6 Å². The molecule has 0 unspecified atom stereocenters. The normalized spacial score (nSPS) is 15.7. The number of methoxy groups -OCH3 is 3. The predicted octanol–water partition coefficient (Wildman–Crippen LogP) is 3.76. The molecule has 0 saturated carbocycles. The van der Waals surface area contributed by atoms with Gasteiger partial charge in [-0.15, -0.1) is 5.10 Å². The second kappa shape index (κ2) is 10.5. The zero-order valence-corrected chi connectivity index (χ0v) is 21.6. The number of para-hydroxylation sites is 1. The lowest BCUT2D eigenvalue weighted by atomic mass is 9.98. The van der Waals surface area contributed by atoms with Gasteiger partial charge >= 0.3 is 0 Å². The molecule has 1 aromatic heterocycles. The third-order valence-corrected chi connectivity index (χ3v) is 7.00. The third-order valence-electron chi connectivity index (χ3n) is 7.00. The summed E-state index contributed by atoms with van der Waals surface area (Å²) in [5.41, 5.74) is 1.92. The number of anilines is 1. The van der Waals surface area contributed by atoms with Crippen LogP contribution < -0.4 is 19.1 Å². The summed E-state index contributed by atoms with van der Waals surface area (Å²) in [6.45, 7) is 9.88. The molecule has 1 atom stereocenters. The van der Waals surface area contributed by atoms with Crippen LogP contribution in [-0.4, -0.2) is 72.6 Å². The maximum atomic E-state index is 5.85. The van der Waals surface area contributed by atoms with Gasteiger partial charge in [0, 0.05) is 43.5 Å². The highest BCUT2D eigenvalue weighted by Crippen LogP contribution is 2.41. The van der Waals surface area contributed by atoms with E-state index in [4.69, 9.17) is 14.2 Å². The van der Waals surface area contributed by atoms with Crippen LogP contribution >= 0.6 is 0 Å². The smallest absolute Gasteiger partial charge is 0.173 e. The van der Waals surface area contributed by atoms with Crippen LogP contribution in [-0.2, 0) is 5.54 Å². The molecule has 4 rings (SSSR count). The van der Waals surface area contributed by atoms with Crippen molar-refractivity contribution in [3.63, 3.8) is 0 Å². The number of ether oxygens (including phenoxy) is 3. The molecule has 0 bridgehead atoms. The number of rotatable bonds is 9. The standard InChI is InChI=1S/C26H36N6O3/c1-7-26(2,3)32-25(27-28-29-32)23(21-12-9-13-22(34-5)24(21)35-6)31-16-14-30(15-17-31)19-10-8-11-20(18-19)33-4/h8-13,18,23H,7,14-17H2,1-6H3/t23-/m0/s1. The summed E-state index contributed by atoms with van der Waals surface area (Å²) in [5, 5.41) is 13.1. The van der Waals surface area contributed by atoms with Crippen LogP contribution in [0.5, 0.6) is 17.2 Å². The Kier molecular flexibility index (Phi) is 7.45. The van der Waals surface area contributed by atoms with Crippen molar-refractivity contribution in [3.8, 4) is 17.2 Å². The van der Waals surface area contributed by atoms with Crippen LogP contribution in [0.4, 0.5) is 5.69 Å². The average Bonchev–Trinajstić information content (AvgIpc) is 3.39. The Morgan fingerprint density at radius 3 is 2.34 bits per heavy atom. The first-order valence-corrected chi connectivity index (χ1v) is 12.1. The van der Waals surface area contributed by atoms with Gasteiger partial charge in [0.1, 0.15) is 11.8 Å². The maximum absolute atomic E-state index is 5.85. The molecule has 1 saturated heterocycles.